The normalized spacial score (nSPS) is 12.2. The molecule has 5 heteroatoms. The van der Waals surface area contributed by atoms with Crippen LogP contribution in [0.3, 0.4) is 0 Å². The Morgan fingerprint density at radius 3 is 2.79 bits per heavy atom. The van der Waals surface area contributed by atoms with Crippen LogP contribution < -0.4 is 16.4 Å². The molecule has 0 aliphatic heterocycles. The lowest BCUT2D eigenvalue weighted by Gasteiger charge is -2.12. The van der Waals surface area contributed by atoms with E-state index in [4.69, 9.17) is 5.73 Å². The molecule has 1 aromatic rings. The molecule has 0 aliphatic rings. The fourth-order valence-electron chi connectivity index (χ4n) is 1.03. The molecule has 1 atom stereocenters. The van der Waals surface area contributed by atoms with Crippen molar-refractivity contribution in [2.75, 3.05) is 23.7 Å². The molecule has 4 N–H and O–H groups in total. The molecule has 1 aromatic heterocycles. The van der Waals surface area contributed by atoms with Crippen molar-refractivity contribution in [2.45, 2.75) is 19.9 Å². The number of aromatic nitrogens is 2. The molecule has 0 aliphatic carbocycles. The summed E-state index contributed by atoms with van der Waals surface area (Å²) in [5, 5.41) is 6.29. The van der Waals surface area contributed by atoms with Crippen molar-refractivity contribution < 1.29 is 0 Å². The van der Waals surface area contributed by atoms with Gasteiger partial charge in [-0.2, -0.15) is 0 Å². The third kappa shape index (κ3) is 3.18. The van der Waals surface area contributed by atoms with E-state index in [0.717, 1.165) is 18.2 Å². The first kappa shape index (κ1) is 10.7. The molecule has 0 saturated heterocycles. The van der Waals surface area contributed by atoms with E-state index in [0.29, 0.717) is 6.54 Å². The highest BCUT2D eigenvalue weighted by Gasteiger charge is 2.01. The molecule has 0 fully saturated rings. The fourth-order valence-corrected chi connectivity index (χ4v) is 1.03. The van der Waals surface area contributed by atoms with Crippen LogP contribution >= 0.6 is 0 Å². The van der Waals surface area contributed by atoms with Crippen molar-refractivity contribution >= 4 is 11.6 Å². The first-order valence-corrected chi connectivity index (χ1v) is 4.78. The van der Waals surface area contributed by atoms with Crippen molar-refractivity contribution in [3.8, 4) is 0 Å². The van der Waals surface area contributed by atoms with Crippen LogP contribution in [-0.2, 0) is 0 Å². The Balaban J connectivity index is 2.63. The quantitative estimate of drug-likeness (QED) is 0.643. The molecular weight excluding hydrogens is 178 g/mol. The molecule has 14 heavy (non-hydrogen) atoms. The maximum absolute atomic E-state index is 5.50. The zero-order valence-corrected chi connectivity index (χ0v) is 8.62. The van der Waals surface area contributed by atoms with Gasteiger partial charge in [0.2, 0.25) is 0 Å². The van der Waals surface area contributed by atoms with Crippen LogP contribution in [0.1, 0.15) is 13.8 Å². The Bertz CT molecular complexity index is 276. The first-order chi connectivity index (χ1) is 6.76. The summed E-state index contributed by atoms with van der Waals surface area (Å²) in [7, 11) is 0. The van der Waals surface area contributed by atoms with Gasteiger partial charge in [0.05, 0.1) is 0 Å². The summed E-state index contributed by atoms with van der Waals surface area (Å²) >= 11 is 0. The minimum Gasteiger partial charge on any atom is -0.370 e. The summed E-state index contributed by atoms with van der Waals surface area (Å²) in [5.41, 5.74) is 5.50. The largest absolute Gasteiger partial charge is 0.370 e. The Morgan fingerprint density at radius 1 is 1.43 bits per heavy atom. The summed E-state index contributed by atoms with van der Waals surface area (Å²) in [4.78, 5) is 8.16. The number of nitrogens with one attached hydrogen (secondary N) is 2. The SMILES string of the molecule is CCNc1cc(NC(C)CN)ncn1. The van der Waals surface area contributed by atoms with Crippen molar-refractivity contribution in [1.82, 2.24) is 9.97 Å². The predicted octanol–water partition coefficient (Wildman–Crippen LogP) is 0.667. The molecule has 0 bridgehead atoms. The van der Waals surface area contributed by atoms with Gasteiger partial charge in [0.15, 0.2) is 0 Å². The Labute approximate surface area is 84.1 Å². The standard InChI is InChI=1S/C9H17N5/c1-3-11-8-4-9(13-6-12-8)14-7(2)5-10/h4,6-7H,3,5,10H2,1-2H3,(H2,11,12,13,14). The third-order valence-corrected chi connectivity index (χ3v) is 1.77. The summed E-state index contributed by atoms with van der Waals surface area (Å²) in [5.74, 6) is 1.63. The van der Waals surface area contributed by atoms with E-state index in [1.807, 2.05) is 19.9 Å². The molecule has 1 rings (SSSR count). The van der Waals surface area contributed by atoms with Crippen molar-refractivity contribution in [3.05, 3.63) is 12.4 Å². The molecule has 1 heterocycles. The van der Waals surface area contributed by atoms with E-state index in [-0.39, 0.29) is 6.04 Å². The summed E-state index contributed by atoms with van der Waals surface area (Å²) in [6.07, 6.45) is 1.53. The van der Waals surface area contributed by atoms with Crippen LogP contribution in [0.4, 0.5) is 11.6 Å². The fraction of sp³-hybridized carbons (Fsp3) is 0.556. The van der Waals surface area contributed by atoms with Gasteiger partial charge in [0.1, 0.15) is 18.0 Å². The van der Waals surface area contributed by atoms with E-state index in [1.165, 1.54) is 6.33 Å². The van der Waals surface area contributed by atoms with E-state index in [9.17, 15) is 0 Å². The van der Waals surface area contributed by atoms with E-state index in [1.54, 1.807) is 0 Å². The number of nitrogens with zero attached hydrogens (tertiary/aromatic N) is 2. The monoisotopic (exact) mass is 195 g/mol. The second-order valence-corrected chi connectivity index (χ2v) is 3.10. The van der Waals surface area contributed by atoms with Gasteiger partial charge < -0.3 is 16.4 Å². The summed E-state index contributed by atoms with van der Waals surface area (Å²) in [6, 6.07) is 2.09. The predicted molar refractivity (Wildman–Crippen MR) is 58.3 cm³/mol. The van der Waals surface area contributed by atoms with Crippen LogP contribution in [0.5, 0.6) is 0 Å². The molecule has 78 valence electrons. The number of hydrogen-bond acceptors (Lipinski definition) is 5. The number of rotatable bonds is 5. The van der Waals surface area contributed by atoms with Gasteiger partial charge in [0, 0.05) is 25.2 Å². The molecule has 0 radical (unpaired) electrons. The van der Waals surface area contributed by atoms with Crippen LogP contribution in [0.25, 0.3) is 0 Å². The molecule has 0 amide bonds. The van der Waals surface area contributed by atoms with Gasteiger partial charge >= 0.3 is 0 Å². The van der Waals surface area contributed by atoms with Crippen LogP contribution in [0.2, 0.25) is 0 Å². The molecule has 0 aromatic carbocycles. The lowest BCUT2D eigenvalue weighted by atomic mass is 10.3. The lowest BCUT2D eigenvalue weighted by molar-refractivity contribution is 0.797. The molecule has 5 nitrogen and oxygen atoms in total. The van der Waals surface area contributed by atoms with Gasteiger partial charge in [-0.05, 0) is 13.8 Å². The summed E-state index contributed by atoms with van der Waals surface area (Å²) in [6.45, 7) is 5.47. The van der Waals surface area contributed by atoms with Crippen LogP contribution in [-0.4, -0.2) is 29.1 Å². The second kappa shape index (κ2) is 5.39. The first-order valence-electron chi connectivity index (χ1n) is 4.78. The number of anilines is 2. The van der Waals surface area contributed by atoms with Gasteiger partial charge in [-0.25, -0.2) is 9.97 Å². The van der Waals surface area contributed by atoms with Crippen LogP contribution in [0, 0.1) is 0 Å². The number of hydrogen-bond donors (Lipinski definition) is 3. The van der Waals surface area contributed by atoms with Crippen molar-refractivity contribution in [1.29, 1.82) is 0 Å². The van der Waals surface area contributed by atoms with Gasteiger partial charge in [-0.3, -0.25) is 0 Å². The van der Waals surface area contributed by atoms with E-state index < -0.39 is 0 Å². The van der Waals surface area contributed by atoms with Gasteiger partial charge in [0.25, 0.3) is 0 Å². The third-order valence-electron chi connectivity index (χ3n) is 1.77. The molecule has 0 saturated carbocycles. The Hall–Kier alpha value is -1.36. The van der Waals surface area contributed by atoms with Crippen LogP contribution in [0.15, 0.2) is 12.4 Å². The van der Waals surface area contributed by atoms with Gasteiger partial charge in [-0.1, -0.05) is 0 Å². The van der Waals surface area contributed by atoms with Crippen molar-refractivity contribution in [3.63, 3.8) is 0 Å². The highest BCUT2D eigenvalue weighted by atomic mass is 15.1. The highest BCUT2D eigenvalue weighted by molar-refractivity contribution is 5.46. The molecule has 1 unspecified atom stereocenters. The second-order valence-electron chi connectivity index (χ2n) is 3.10. The minimum atomic E-state index is 0.222. The smallest absolute Gasteiger partial charge is 0.131 e. The average Bonchev–Trinajstić information content (AvgIpc) is 2.19. The Kier molecular flexibility index (Phi) is 4.12. The topological polar surface area (TPSA) is 75.9 Å². The highest BCUT2D eigenvalue weighted by Crippen LogP contribution is 2.08. The Morgan fingerprint density at radius 2 is 2.14 bits per heavy atom. The minimum absolute atomic E-state index is 0.222. The molecule has 0 spiro atoms. The van der Waals surface area contributed by atoms with Crippen molar-refractivity contribution in [2.24, 2.45) is 5.73 Å². The number of nitrogens with two attached hydrogens (primary N) is 1. The van der Waals surface area contributed by atoms with Gasteiger partial charge in [-0.15, -0.1) is 0 Å². The maximum atomic E-state index is 5.50. The summed E-state index contributed by atoms with van der Waals surface area (Å²) < 4.78 is 0. The lowest BCUT2D eigenvalue weighted by Crippen LogP contribution is -2.25. The van der Waals surface area contributed by atoms with E-state index in [2.05, 4.69) is 20.6 Å². The molecular formula is C9H17N5. The maximum Gasteiger partial charge on any atom is 0.131 e. The zero-order chi connectivity index (χ0) is 10.4. The van der Waals surface area contributed by atoms with E-state index >= 15 is 0 Å². The zero-order valence-electron chi connectivity index (χ0n) is 8.62. The average molecular weight is 195 g/mol.